The molecule has 1 saturated carbocycles. The van der Waals surface area contributed by atoms with Crippen LogP contribution in [0.3, 0.4) is 0 Å². The van der Waals surface area contributed by atoms with Gasteiger partial charge >= 0.3 is 0 Å². The average molecular weight is 277 g/mol. The minimum absolute atomic E-state index is 0.395. The third-order valence-corrected chi connectivity index (χ3v) is 4.33. The molecule has 1 unspecified atom stereocenters. The van der Waals surface area contributed by atoms with Crippen molar-refractivity contribution < 1.29 is 9.84 Å². The lowest BCUT2D eigenvalue weighted by molar-refractivity contribution is -0.0339. The number of aliphatic hydroxyl groups is 1. The molecule has 3 heteroatoms. The summed E-state index contributed by atoms with van der Waals surface area (Å²) in [6.07, 6.45) is 6.25. The van der Waals surface area contributed by atoms with Crippen molar-refractivity contribution in [2.75, 3.05) is 13.7 Å². The van der Waals surface area contributed by atoms with Crippen molar-refractivity contribution in [1.29, 1.82) is 0 Å². The van der Waals surface area contributed by atoms with E-state index in [2.05, 4.69) is 24.4 Å². The van der Waals surface area contributed by atoms with Crippen LogP contribution in [0.25, 0.3) is 0 Å². The quantitative estimate of drug-likeness (QED) is 0.837. The second-order valence-electron chi connectivity index (χ2n) is 5.89. The molecule has 1 aromatic carbocycles. The molecule has 0 amide bonds. The van der Waals surface area contributed by atoms with Crippen LogP contribution in [0.4, 0.5) is 0 Å². The molecule has 1 fully saturated rings. The van der Waals surface area contributed by atoms with E-state index < -0.39 is 5.60 Å². The lowest BCUT2D eigenvalue weighted by Crippen LogP contribution is -2.37. The predicted octanol–water partition coefficient (Wildman–Crippen LogP) is 3.43. The fourth-order valence-corrected chi connectivity index (χ4v) is 2.97. The van der Waals surface area contributed by atoms with Crippen LogP contribution in [-0.4, -0.2) is 24.4 Å². The van der Waals surface area contributed by atoms with Crippen molar-refractivity contribution in [2.45, 2.75) is 57.1 Å². The number of ether oxygens (including phenoxy) is 1. The molecule has 1 aliphatic carbocycles. The van der Waals surface area contributed by atoms with E-state index >= 15 is 0 Å². The highest BCUT2D eigenvalue weighted by atomic mass is 16.5. The first kappa shape index (κ1) is 15.3. The number of benzene rings is 1. The highest BCUT2D eigenvalue weighted by molar-refractivity contribution is 5.29. The van der Waals surface area contributed by atoms with E-state index in [1.54, 1.807) is 0 Å². The van der Waals surface area contributed by atoms with Crippen LogP contribution in [0, 0.1) is 0 Å². The molecule has 0 spiro atoms. The Balaban J connectivity index is 1.90. The van der Waals surface area contributed by atoms with Crippen LogP contribution >= 0.6 is 0 Å². The molecule has 1 atom stereocenters. The van der Waals surface area contributed by atoms with Crippen molar-refractivity contribution in [2.24, 2.45) is 0 Å². The van der Waals surface area contributed by atoms with Gasteiger partial charge in [-0.3, -0.25) is 0 Å². The summed E-state index contributed by atoms with van der Waals surface area (Å²) in [5, 5.41) is 13.7. The second kappa shape index (κ2) is 7.09. The highest BCUT2D eigenvalue weighted by Gasteiger charge is 2.29. The first-order valence-corrected chi connectivity index (χ1v) is 7.79. The van der Waals surface area contributed by atoms with Gasteiger partial charge in [-0.1, -0.05) is 38.3 Å². The van der Waals surface area contributed by atoms with Gasteiger partial charge < -0.3 is 15.2 Å². The monoisotopic (exact) mass is 277 g/mol. The fourth-order valence-electron chi connectivity index (χ4n) is 2.97. The lowest BCUT2D eigenvalue weighted by atomic mass is 9.85. The van der Waals surface area contributed by atoms with Crippen molar-refractivity contribution in [3.05, 3.63) is 29.8 Å². The molecule has 0 bridgehead atoms. The van der Waals surface area contributed by atoms with Gasteiger partial charge in [0.05, 0.1) is 5.60 Å². The van der Waals surface area contributed by atoms with Crippen LogP contribution in [0.15, 0.2) is 24.3 Å². The Hall–Kier alpha value is -1.06. The van der Waals surface area contributed by atoms with Crippen LogP contribution < -0.4 is 10.1 Å². The molecule has 0 heterocycles. The fraction of sp³-hybridized carbons (Fsp3) is 0.647. The van der Waals surface area contributed by atoms with E-state index in [4.69, 9.17) is 4.74 Å². The summed E-state index contributed by atoms with van der Waals surface area (Å²) in [4.78, 5) is 0. The normalized spacial score (nSPS) is 19.6. The number of nitrogens with one attached hydrogen (secondary N) is 1. The van der Waals surface area contributed by atoms with Gasteiger partial charge in [0.25, 0.3) is 0 Å². The van der Waals surface area contributed by atoms with Gasteiger partial charge in [0, 0.05) is 6.04 Å². The van der Waals surface area contributed by atoms with Gasteiger partial charge in [-0.2, -0.15) is 0 Å². The van der Waals surface area contributed by atoms with E-state index in [0.29, 0.717) is 12.6 Å². The summed E-state index contributed by atoms with van der Waals surface area (Å²) in [5.74, 6) is 0.846. The molecule has 20 heavy (non-hydrogen) atoms. The Labute approximate surface area is 122 Å². The maximum absolute atomic E-state index is 10.4. The van der Waals surface area contributed by atoms with Crippen LogP contribution in [0.5, 0.6) is 5.75 Å². The van der Waals surface area contributed by atoms with Crippen LogP contribution in [-0.2, 0) is 0 Å². The first-order chi connectivity index (χ1) is 9.67. The predicted molar refractivity (Wildman–Crippen MR) is 82.1 cm³/mol. The molecule has 0 radical (unpaired) electrons. The van der Waals surface area contributed by atoms with E-state index in [1.807, 2.05) is 19.2 Å². The minimum Gasteiger partial charge on any atom is -0.491 e. The zero-order chi connectivity index (χ0) is 14.4. The zero-order valence-corrected chi connectivity index (χ0v) is 12.7. The SMILES string of the molecule is CCC(NC)c1ccc(OCC2(O)CCCCC2)cc1. The Bertz CT molecular complexity index is 392. The lowest BCUT2D eigenvalue weighted by Gasteiger charge is -2.31. The van der Waals surface area contributed by atoms with Gasteiger partial charge in [0.15, 0.2) is 0 Å². The summed E-state index contributed by atoms with van der Waals surface area (Å²) in [7, 11) is 1.98. The third-order valence-electron chi connectivity index (χ3n) is 4.33. The van der Waals surface area contributed by atoms with E-state index in [9.17, 15) is 5.11 Å². The van der Waals surface area contributed by atoms with Gasteiger partial charge in [-0.15, -0.1) is 0 Å². The minimum atomic E-state index is -0.617. The second-order valence-corrected chi connectivity index (χ2v) is 5.89. The molecular weight excluding hydrogens is 250 g/mol. The summed E-state index contributed by atoms with van der Waals surface area (Å²) in [6.45, 7) is 2.58. The Kier molecular flexibility index (Phi) is 5.44. The highest BCUT2D eigenvalue weighted by Crippen LogP contribution is 2.29. The summed E-state index contributed by atoms with van der Waals surface area (Å²) >= 11 is 0. The molecule has 0 aliphatic heterocycles. The average Bonchev–Trinajstić information content (AvgIpc) is 2.48. The molecule has 3 nitrogen and oxygen atoms in total. The molecule has 1 aromatic rings. The van der Waals surface area contributed by atoms with Gasteiger partial charge in [-0.05, 0) is 44.0 Å². The smallest absolute Gasteiger partial charge is 0.119 e. The zero-order valence-electron chi connectivity index (χ0n) is 12.7. The number of hydrogen-bond donors (Lipinski definition) is 2. The van der Waals surface area contributed by atoms with Crippen molar-refractivity contribution >= 4 is 0 Å². The molecule has 0 aromatic heterocycles. The molecule has 112 valence electrons. The van der Waals surface area contributed by atoms with Gasteiger partial charge in [-0.25, -0.2) is 0 Å². The van der Waals surface area contributed by atoms with Crippen molar-refractivity contribution in [3.63, 3.8) is 0 Å². The Morgan fingerprint density at radius 1 is 1.20 bits per heavy atom. The van der Waals surface area contributed by atoms with E-state index in [0.717, 1.165) is 37.9 Å². The third kappa shape index (κ3) is 3.97. The molecule has 1 aliphatic rings. The summed E-state index contributed by atoms with van der Waals surface area (Å²) in [6, 6.07) is 8.60. The molecule has 0 saturated heterocycles. The van der Waals surface area contributed by atoms with Gasteiger partial charge in [0.2, 0.25) is 0 Å². The van der Waals surface area contributed by atoms with Crippen LogP contribution in [0.2, 0.25) is 0 Å². The van der Waals surface area contributed by atoms with Crippen molar-refractivity contribution in [3.8, 4) is 5.75 Å². The molecular formula is C17H27NO2. The number of hydrogen-bond acceptors (Lipinski definition) is 3. The summed E-state index contributed by atoms with van der Waals surface area (Å²) < 4.78 is 5.78. The standard InChI is InChI=1S/C17H27NO2/c1-3-16(18-2)14-7-9-15(10-8-14)20-13-17(19)11-5-4-6-12-17/h7-10,16,18-19H,3-6,11-13H2,1-2H3. The summed E-state index contributed by atoms with van der Waals surface area (Å²) in [5.41, 5.74) is 0.659. The Morgan fingerprint density at radius 2 is 1.85 bits per heavy atom. The topological polar surface area (TPSA) is 41.5 Å². The van der Waals surface area contributed by atoms with Crippen molar-refractivity contribution in [1.82, 2.24) is 5.32 Å². The molecule has 2 rings (SSSR count). The van der Waals surface area contributed by atoms with Crippen LogP contribution in [0.1, 0.15) is 57.1 Å². The van der Waals surface area contributed by atoms with Gasteiger partial charge in [0.1, 0.15) is 12.4 Å². The maximum Gasteiger partial charge on any atom is 0.119 e. The maximum atomic E-state index is 10.4. The van der Waals surface area contributed by atoms with E-state index in [-0.39, 0.29) is 0 Å². The largest absolute Gasteiger partial charge is 0.491 e. The number of rotatable bonds is 6. The van der Waals surface area contributed by atoms with E-state index in [1.165, 1.54) is 12.0 Å². The Morgan fingerprint density at radius 3 is 2.40 bits per heavy atom. The molecule has 2 N–H and O–H groups in total. The first-order valence-electron chi connectivity index (χ1n) is 7.79.